The van der Waals surface area contributed by atoms with Gasteiger partial charge >= 0.3 is 0 Å². The van der Waals surface area contributed by atoms with Crippen LogP contribution in [0.25, 0.3) is 11.0 Å². The van der Waals surface area contributed by atoms with E-state index in [0.717, 1.165) is 16.9 Å². The Balaban J connectivity index is 1.55. The minimum absolute atomic E-state index is 0.165. The second-order valence-corrected chi connectivity index (χ2v) is 6.50. The van der Waals surface area contributed by atoms with E-state index in [0.29, 0.717) is 5.02 Å². The lowest BCUT2D eigenvalue weighted by Crippen LogP contribution is -2.37. The van der Waals surface area contributed by atoms with E-state index < -0.39 is 5.91 Å². The molecule has 2 N–H and O–H groups in total. The van der Waals surface area contributed by atoms with E-state index in [1.807, 2.05) is 35.9 Å². The van der Waals surface area contributed by atoms with Gasteiger partial charge in [-0.05, 0) is 30.3 Å². The highest BCUT2D eigenvalue weighted by molar-refractivity contribution is 6.36. The third-order valence-electron chi connectivity index (χ3n) is 3.91. The van der Waals surface area contributed by atoms with Crippen LogP contribution in [0, 0.1) is 0 Å². The van der Waals surface area contributed by atoms with Crippen molar-refractivity contribution in [1.29, 1.82) is 0 Å². The van der Waals surface area contributed by atoms with Gasteiger partial charge in [-0.3, -0.25) is 9.59 Å². The smallest absolute Gasteiger partial charge is 0.253 e. The molecule has 0 aliphatic rings. The van der Waals surface area contributed by atoms with Crippen molar-refractivity contribution in [1.82, 2.24) is 20.2 Å². The molecular formula is C18H16Cl2N4O2. The molecule has 0 saturated carbocycles. The van der Waals surface area contributed by atoms with Gasteiger partial charge in [0.05, 0.1) is 34.7 Å². The van der Waals surface area contributed by atoms with Gasteiger partial charge in [-0.15, -0.1) is 0 Å². The van der Waals surface area contributed by atoms with Crippen molar-refractivity contribution in [3.8, 4) is 0 Å². The summed E-state index contributed by atoms with van der Waals surface area (Å²) >= 11 is 11.8. The van der Waals surface area contributed by atoms with E-state index in [1.165, 1.54) is 12.1 Å². The second kappa shape index (κ2) is 7.76. The van der Waals surface area contributed by atoms with Crippen molar-refractivity contribution in [2.24, 2.45) is 7.05 Å². The fraction of sp³-hybridized carbons (Fsp3) is 0.167. The number of hydrogen-bond donors (Lipinski definition) is 2. The highest BCUT2D eigenvalue weighted by Gasteiger charge is 2.13. The lowest BCUT2D eigenvalue weighted by Gasteiger charge is -2.08. The lowest BCUT2D eigenvalue weighted by molar-refractivity contribution is -0.120. The highest BCUT2D eigenvalue weighted by atomic mass is 35.5. The molecule has 0 radical (unpaired) electrons. The predicted octanol–water partition coefficient (Wildman–Crippen LogP) is 2.93. The molecule has 1 heterocycles. The van der Waals surface area contributed by atoms with Crippen molar-refractivity contribution in [2.75, 3.05) is 6.54 Å². The zero-order valence-corrected chi connectivity index (χ0v) is 15.4. The number of nitrogens with zero attached hydrogens (tertiary/aromatic N) is 2. The van der Waals surface area contributed by atoms with Crippen LogP contribution in [0.15, 0.2) is 42.5 Å². The minimum atomic E-state index is -0.440. The summed E-state index contributed by atoms with van der Waals surface area (Å²) in [6.45, 7) is 0.101. The molecule has 0 aliphatic heterocycles. The quantitative estimate of drug-likeness (QED) is 0.702. The monoisotopic (exact) mass is 390 g/mol. The van der Waals surface area contributed by atoms with Gasteiger partial charge in [-0.1, -0.05) is 35.3 Å². The molecule has 26 heavy (non-hydrogen) atoms. The van der Waals surface area contributed by atoms with Crippen LogP contribution in [0.5, 0.6) is 0 Å². The summed E-state index contributed by atoms with van der Waals surface area (Å²) in [6.07, 6.45) is 0. The number of carbonyl (C=O) groups excluding carboxylic acids is 2. The first-order valence-electron chi connectivity index (χ1n) is 7.86. The topological polar surface area (TPSA) is 76.0 Å². The number of halogens is 2. The lowest BCUT2D eigenvalue weighted by atomic mass is 10.2. The zero-order valence-electron chi connectivity index (χ0n) is 13.9. The number of nitrogens with one attached hydrogen (secondary N) is 2. The fourth-order valence-corrected chi connectivity index (χ4v) is 3.02. The molecule has 0 atom stereocenters. The maximum Gasteiger partial charge on any atom is 0.253 e. The largest absolute Gasteiger partial charge is 0.347 e. The summed E-state index contributed by atoms with van der Waals surface area (Å²) in [7, 11) is 1.89. The molecule has 6 nitrogen and oxygen atoms in total. The van der Waals surface area contributed by atoms with Crippen LogP contribution >= 0.6 is 23.2 Å². The van der Waals surface area contributed by atoms with Crippen LogP contribution in [-0.2, 0) is 18.4 Å². The highest BCUT2D eigenvalue weighted by Crippen LogP contribution is 2.20. The standard InChI is InChI=1S/C18H16Cl2N4O2/c1-24-15-5-3-2-4-14(15)23-16(24)9-21-17(25)10-22-18(26)12-7-6-11(19)8-13(12)20/h2-8H,9-10H2,1H3,(H,21,25)(H,22,26). The second-order valence-electron chi connectivity index (χ2n) is 5.66. The third kappa shape index (κ3) is 3.98. The average Bonchev–Trinajstić information content (AvgIpc) is 2.94. The van der Waals surface area contributed by atoms with Crippen molar-refractivity contribution < 1.29 is 9.59 Å². The normalized spacial score (nSPS) is 10.7. The first-order valence-corrected chi connectivity index (χ1v) is 8.61. The average molecular weight is 391 g/mol. The number of aryl methyl sites for hydroxylation is 1. The number of hydrogen-bond acceptors (Lipinski definition) is 3. The van der Waals surface area contributed by atoms with Crippen LogP contribution in [0.4, 0.5) is 0 Å². The Morgan fingerprint density at radius 2 is 1.88 bits per heavy atom. The Hall–Kier alpha value is -2.57. The molecule has 0 aliphatic carbocycles. The number of carbonyl (C=O) groups is 2. The number of rotatable bonds is 5. The fourth-order valence-electron chi connectivity index (χ4n) is 2.52. The maximum atomic E-state index is 12.1. The van der Waals surface area contributed by atoms with E-state index in [2.05, 4.69) is 15.6 Å². The minimum Gasteiger partial charge on any atom is -0.347 e. The third-order valence-corrected chi connectivity index (χ3v) is 4.46. The van der Waals surface area contributed by atoms with E-state index in [9.17, 15) is 9.59 Å². The Labute approximate surface area is 160 Å². The number of fused-ring (bicyclic) bond motifs is 1. The first-order chi connectivity index (χ1) is 12.5. The molecule has 0 bridgehead atoms. The molecule has 0 spiro atoms. The Morgan fingerprint density at radius 3 is 2.62 bits per heavy atom. The van der Waals surface area contributed by atoms with E-state index in [-0.39, 0.29) is 29.6 Å². The molecule has 3 aromatic rings. The van der Waals surface area contributed by atoms with Gasteiger partial charge in [-0.25, -0.2) is 4.98 Å². The van der Waals surface area contributed by atoms with E-state index >= 15 is 0 Å². The molecule has 0 unspecified atom stereocenters. The van der Waals surface area contributed by atoms with Gasteiger partial charge < -0.3 is 15.2 Å². The number of imidazole rings is 1. The van der Waals surface area contributed by atoms with Gasteiger partial charge in [0.2, 0.25) is 5.91 Å². The molecule has 0 fully saturated rings. The summed E-state index contributed by atoms with van der Waals surface area (Å²) in [5, 5.41) is 5.94. The van der Waals surface area contributed by atoms with E-state index in [1.54, 1.807) is 6.07 Å². The van der Waals surface area contributed by atoms with Crippen molar-refractivity contribution in [3.05, 3.63) is 63.9 Å². The van der Waals surface area contributed by atoms with Gasteiger partial charge in [0.1, 0.15) is 5.82 Å². The van der Waals surface area contributed by atoms with Gasteiger partial charge in [0.15, 0.2) is 0 Å². The summed E-state index contributed by atoms with van der Waals surface area (Å²) in [5.41, 5.74) is 2.12. The van der Waals surface area contributed by atoms with E-state index in [4.69, 9.17) is 23.2 Å². The summed E-state index contributed by atoms with van der Waals surface area (Å²) in [6, 6.07) is 12.3. The predicted molar refractivity (Wildman–Crippen MR) is 101 cm³/mol. The van der Waals surface area contributed by atoms with Crippen LogP contribution in [0.2, 0.25) is 10.0 Å². The Morgan fingerprint density at radius 1 is 1.12 bits per heavy atom. The summed E-state index contributed by atoms with van der Waals surface area (Å²) < 4.78 is 1.92. The van der Waals surface area contributed by atoms with Gasteiger partial charge in [0.25, 0.3) is 5.91 Å². The van der Waals surface area contributed by atoms with Crippen molar-refractivity contribution in [3.63, 3.8) is 0 Å². The number of para-hydroxylation sites is 2. The van der Waals surface area contributed by atoms with Crippen LogP contribution in [0.3, 0.4) is 0 Å². The molecule has 2 aromatic carbocycles. The molecule has 3 rings (SSSR count). The molecule has 1 aromatic heterocycles. The molecule has 134 valence electrons. The van der Waals surface area contributed by atoms with Gasteiger partial charge in [0, 0.05) is 12.1 Å². The van der Waals surface area contributed by atoms with Gasteiger partial charge in [-0.2, -0.15) is 0 Å². The molecule has 2 amide bonds. The van der Waals surface area contributed by atoms with Crippen LogP contribution < -0.4 is 10.6 Å². The number of amides is 2. The Bertz CT molecular complexity index is 984. The summed E-state index contributed by atoms with van der Waals surface area (Å²) in [4.78, 5) is 28.6. The SMILES string of the molecule is Cn1c(CNC(=O)CNC(=O)c2ccc(Cl)cc2Cl)nc2ccccc21. The number of aromatic nitrogens is 2. The number of benzene rings is 2. The van der Waals surface area contributed by atoms with Crippen LogP contribution in [0.1, 0.15) is 16.2 Å². The maximum absolute atomic E-state index is 12.1. The first kappa shape index (κ1) is 18.2. The molecule has 0 saturated heterocycles. The molecular weight excluding hydrogens is 375 g/mol. The zero-order chi connectivity index (χ0) is 18.7. The van der Waals surface area contributed by atoms with Crippen molar-refractivity contribution >= 4 is 46.0 Å². The van der Waals surface area contributed by atoms with Crippen molar-refractivity contribution in [2.45, 2.75) is 6.54 Å². The molecule has 8 heteroatoms. The Kier molecular flexibility index (Phi) is 5.44. The summed E-state index contributed by atoms with van der Waals surface area (Å²) in [5.74, 6) is -0.0355. The van der Waals surface area contributed by atoms with Crippen LogP contribution in [-0.4, -0.2) is 27.9 Å².